The van der Waals surface area contributed by atoms with Gasteiger partial charge in [0, 0.05) is 19.1 Å². The molecule has 3 nitrogen and oxygen atoms in total. The van der Waals surface area contributed by atoms with Crippen LogP contribution in [0.2, 0.25) is 5.02 Å². The van der Waals surface area contributed by atoms with E-state index in [4.69, 9.17) is 16.3 Å². The third-order valence-corrected chi connectivity index (χ3v) is 4.82. The van der Waals surface area contributed by atoms with Crippen LogP contribution >= 0.6 is 36.4 Å². The van der Waals surface area contributed by atoms with Gasteiger partial charge in [0.2, 0.25) is 0 Å². The minimum absolute atomic E-state index is 0. The third-order valence-electron chi connectivity index (χ3n) is 4.52. The largest absolute Gasteiger partial charge is 0.492 e. The summed E-state index contributed by atoms with van der Waals surface area (Å²) < 4.78 is 5.47. The van der Waals surface area contributed by atoms with Gasteiger partial charge in [-0.25, -0.2) is 0 Å². The fourth-order valence-corrected chi connectivity index (χ4v) is 3.63. The molecular weight excluding hydrogens is 343 g/mol. The first-order valence-corrected chi connectivity index (χ1v) is 8.01. The van der Waals surface area contributed by atoms with Gasteiger partial charge in [-0.1, -0.05) is 17.7 Å². The van der Waals surface area contributed by atoms with Crippen LogP contribution in [-0.2, 0) is 6.54 Å². The highest BCUT2D eigenvalue weighted by molar-refractivity contribution is 6.32. The van der Waals surface area contributed by atoms with E-state index in [1.54, 1.807) is 0 Å². The van der Waals surface area contributed by atoms with E-state index < -0.39 is 0 Å². The van der Waals surface area contributed by atoms with E-state index in [9.17, 15) is 0 Å². The van der Waals surface area contributed by atoms with Crippen molar-refractivity contribution in [1.29, 1.82) is 0 Å². The lowest BCUT2D eigenvalue weighted by molar-refractivity contribution is 0.0720. The number of nitrogens with zero attached hydrogens (tertiary/aromatic N) is 1. The van der Waals surface area contributed by atoms with Crippen molar-refractivity contribution in [2.24, 2.45) is 5.92 Å². The van der Waals surface area contributed by atoms with Gasteiger partial charge in [-0.15, -0.1) is 24.8 Å². The number of benzene rings is 1. The second kappa shape index (κ2) is 9.19. The lowest BCUT2D eigenvalue weighted by Crippen LogP contribution is -2.55. The van der Waals surface area contributed by atoms with E-state index in [1.165, 1.54) is 38.0 Å². The van der Waals surface area contributed by atoms with Crippen molar-refractivity contribution in [3.63, 3.8) is 0 Å². The van der Waals surface area contributed by atoms with Crippen LogP contribution in [0.3, 0.4) is 0 Å². The first-order chi connectivity index (χ1) is 9.76. The Bertz CT molecular complexity index is 465. The quantitative estimate of drug-likeness (QED) is 0.857. The van der Waals surface area contributed by atoms with E-state index in [0.29, 0.717) is 17.7 Å². The summed E-state index contributed by atoms with van der Waals surface area (Å²) in [6, 6.07) is 6.73. The zero-order chi connectivity index (χ0) is 13.9. The predicted octanol–water partition coefficient (Wildman–Crippen LogP) is 3.77. The van der Waals surface area contributed by atoms with Crippen LogP contribution in [0, 0.1) is 5.92 Å². The molecule has 0 radical (unpaired) electrons. The summed E-state index contributed by atoms with van der Waals surface area (Å²) in [6.07, 6.45) is 2.70. The van der Waals surface area contributed by atoms with Gasteiger partial charge in [0.05, 0.1) is 11.6 Å². The summed E-state index contributed by atoms with van der Waals surface area (Å²) >= 11 is 6.23. The van der Waals surface area contributed by atoms with Crippen LogP contribution in [0.1, 0.15) is 25.3 Å². The van der Waals surface area contributed by atoms with E-state index >= 15 is 0 Å². The van der Waals surface area contributed by atoms with Crippen molar-refractivity contribution < 1.29 is 4.74 Å². The van der Waals surface area contributed by atoms with Crippen LogP contribution in [0.4, 0.5) is 0 Å². The topological polar surface area (TPSA) is 24.5 Å². The monoisotopic (exact) mass is 366 g/mol. The Balaban J connectivity index is 0.00000121. The average molecular weight is 368 g/mol. The molecule has 3 aliphatic heterocycles. The van der Waals surface area contributed by atoms with Crippen LogP contribution in [0.15, 0.2) is 18.2 Å². The lowest BCUT2D eigenvalue weighted by Gasteiger charge is -2.45. The van der Waals surface area contributed by atoms with Crippen molar-refractivity contribution in [1.82, 2.24) is 10.2 Å². The highest BCUT2D eigenvalue weighted by Crippen LogP contribution is 2.28. The minimum atomic E-state index is 0. The molecule has 2 bridgehead atoms. The van der Waals surface area contributed by atoms with Gasteiger partial charge in [0.25, 0.3) is 0 Å². The molecule has 1 aromatic rings. The molecular formula is C16H25Cl3N2O. The van der Waals surface area contributed by atoms with Crippen molar-refractivity contribution in [3.8, 4) is 5.75 Å². The molecule has 0 aliphatic carbocycles. The molecule has 1 N–H and O–H groups in total. The normalized spacial score (nSPS) is 26.0. The Labute approximate surface area is 150 Å². The summed E-state index contributed by atoms with van der Waals surface area (Å²) in [5.41, 5.74) is 1.23. The lowest BCUT2D eigenvalue weighted by atomic mass is 9.84. The Kier molecular flexibility index (Phi) is 8.29. The number of ether oxygens (including phenoxy) is 1. The molecule has 1 unspecified atom stereocenters. The average Bonchev–Trinajstić information content (AvgIpc) is 2.49. The van der Waals surface area contributed by atoms with Crippen LogP contribution in [0.25, 0.3) is 0 Å². The molecule has 22 heavy (non-hydrogen) atoms. The maximum atomic E-state index is 6.23. The molecule has 3 fully saturated rings. The van der Waals surface area contributed by atoms with Gasteiger partial charge in [0.1, 0.15) is 5.75 Å². The molecule has 1 atom stereocenters. The van der Waals surface area contributed by atoms with E-state index in [-0.39, 0.29) is 24.8 Å². The summed E-state index contributed by atoms with van der Waals surface area (Å²) in [7, 11) is 0. The van der Waals surface area contributed by atoms with Crippen LogP contribution in [-0.4, -0.2) is 37.2 Å². The Morgan fingerprint density at radius 3 is 2.55 bits per heavy atom. The first-order valence-electron chi connectivity index (χ1n) is 7.63. The van der Waals surface area contributed by atoms with Crippen molar-refractivity contribution in [2.75, 3.05) is 26.2 Å². The van der Waals surface area contributed by atoms with Crippen molar-refractivity contribution in [2.45, 2.75) is 32.4 Å². The standard InChI is InChI=1S/C16H23ClN2O.2ClH/c1-2-20-16-4-3-12(9-14(16)17)10-18-15-11-19-7-5-13(15)6-8-19;;/h3-4,9,13,15,18H,2,5-8,10-11H2,1H3;2*1H. The van der Waals surface area contributed by atoms with Gasteiger partial charge in [0.15, 0.2) is 0 Å². The zero-order valence-electron chi connectivity index (χ0n) is 12.9. The molecule has 6 heteroatoms. The highest BCUT2D eigenvalue weighted by Gasteiger charge is 2.33. The van der Waals surface area contributed by atoms with Crippen LogP contribution < -0.4 is 10.1 Å². The maximum absolute atomic E-state index is 6.23. The van der Waals surface area contributed by atoms with Crippen molar-refractivity contribution in [3.05, 3.63) is 28.8 Å². The molecule has 0 saturated carbocycles. The van der Waals surface area contributed by atoms with Gasteiger partial charge in [-0.2, -0.15) is 0 Å². The molecule has 3 aliphatic rings. The number of hydrogen-bond acceptors (Lipinski definition) is 3. The maximum Gasteiger partial charge on any atom is 0.137 e. The molecule has 4 rings (SSSR count). The van der Waals surface area contributed by atoms with Crippen molar-refractivity contribution >= 4 is 36.4 Å². The molecule has 126 valence electrons. The summed E-state index contributed by atoms with van der Waals surface area (Å²) in [5, 5.41) is 4.42. The van der Waals surface area contributed by atoms with E-state index in [0.717, 1.165) is 18.2 Å². The predicted molar refractivity (Wildman–Crippen MR) is 96.9 cm³/mol. The van der Waals surface area contributed by atoms with Gasteiger partial charge in [-0.3, -0.25) is 0 Å². The number of halogens is 3. The molecule has 1 aromatic carbocycles. The first kappa shape index (κ1) is 19.9. The fourth-order valence-electron chi connectivity index (χ4n) is 3.37. The highest BCUT2D eigenvalue weighted by atomic mass is 35.5. The zero-order valence-corrected chi connectivity index (χ0v) is 15.3. The summed E-state index contributed by atoms with van der Waals surface area (Å²) in [6.45, 7) is 7.29. The number of rotatable bonds is 5. The molecule has 3 heterocycles. The smallest absolute Gasteiger partial charge is 0.137 e. The van der Waals surface area contributed by atoms with Gasteiger partial charge < -0.3 is 15.0 Å². The molecule has 0 amide bonds. The van der Waals surface area contributed by atoms with Gasteiger partial charge in [-0.05, 0) is 56.5 Å². The summed E-state index contributed by atoms with van der Waals surface area (Å²) in [4.78, 5) is 2.57. The fraction of sp³-hybridized carbons (Fsp3) is 0.625. The Morgan fingerprint density at radius 1 is 1.27 bits per heavy atom. The van der Waals surface area contributed by atoms with E-state index in [1.807, 2.05) is 19.1 Å². The SMILES string of the molecule is CCOc1ccc(CNC2CN3CCC2CC3)cc1Cl.Cl.Cl. The van der Waals surface area contributed by atoms with E-state index in [2.05, 4.69) is 16.3 Å². The molecule has 0 spiro atoms. The number of fused-ring (bicyclic) bond motifs is 3. The number of piperidine rings is 3. The Morgan fingerprint density at radius 2 is 2.00 bits per heavy atom. The van der Waals surface area contributed by atoms with Crippen LogP contribution in [0.5, 0.6) is 5.75 Å². The second-order valence-electron chi connectivity index (χ2n) is 5.82. The molecule has 0 aromatic heterocycles. The van der Waals surface area contributed by atoms with Gasteiger partial charge >= 0.3 is 0 Å². The second-order valence-corrected chi connectivity index (χ2v) is 6.23. The number of nitrogens with one attached hydrogen (secondary N) is 1. The molecule has 3 saturated heterocycles. The Hall–Kier alpha value is -0.190. The summed E-state index contributed by atoms with van der Waals surface area (Å²) in [5.74, 6) is 1.64. The minimum Gasteiger partial charge on any atom is -0.492 e. The number of hydrogen-bond donors (Lipinski definition) is 1. The third kappa shape index (κ3) is 4.65.